The second-order valence-electron chi connectivity index (χ2n) is 1.95. The van der Waals surface area contributed by atoms with E-state index in [1.165, 1.54) is 0 Å². The van der Waals surface area contributed by atoms with Gasteiger partial charge in [-0.1, -0.05) is 24.3 Å². The van der Waals surface area contributed by atoms with E-state index in [-0.39, 0.29) is 0 Å². The number of aromatic nitrogens is 1. The van der Waals surface area contributed by atoms with Crippen molar-refractivity contribution in [1.82, 2.24) is 4.98 Å². The molecule has 0 saturated heterocycles. The van der Waals surface area contributed by atoms with Crippen molar-refractivity contribution in [3.05, 3.63) is 29.6 Å². The Morgan fingerprint density at radius 2 is 2.45 bits per heavy atom. The first-order valence-corrected chi connectivity index (χ1v) is 3.47. The SMILES string of the molecule is C=Cc1cnc(Cl)cc1OC. The number of pyridine rings is 1. The first-order chi connectivity index (χ1) is 5.27. The minimum absolute atomic E-state index is 0.424. The summed E-state index contributed by atoms with van der Waals surface area (Å²) in [4.78, 5) is 3.87. The molecule has 58 valence electrons. The number of hydrogen-bond acceptors (Lipinski definition) is 2. The van der Waals surface area contributed by atoms with E-state index in [2.05, 4.69) is 11.6 Å². The fraction of sp³-hybridized carbons (Fsp3) is 0.125. The van der Waals surface area contributed by atoms with E-state index < -0.39 is 0 Å². The highest BCUT2D eigenvalue weighted by Gasteiger charge is 1.99. The van der Waals surface area contributed by atoms with Gasteiger partial charge < -0.3 is 4.74 Å². The lowest BCUT2D eigenvalue weighted by Gasteiger charge is -2.02. The number of methoxy groups -OCH3 is 1. The van der Waals surface area contributed by atoms with Gasteiger partial charge in [-0.25, -0.2) is 4.98 Å². The van der Waals surface area contributed by atoms with Gasteiger partial charge in [0.2, 0.25) is 0 Å². The predicted octanol–water partition coefficient (Wildman–Crippen LogP) is 2.39. The van der Waals surface area contributed by atoms with E-state index in [0.29, 0.717) is 10.9 Å². The van der Waals surface area contributed by atoms with Crippen molar-refractivity contribution in [1.29, 1.82) is 0 Å². The van der Waals surface area contributed by atoms with E-state index in [1.54, 1.807) is 25.4 Å². The molecule has 0 amide bonds. The summed E-state index contributed by atoms with van der Waals surface area (Å²) in [5.74, 6) is 0.694. The average molecular weight is 170 g/mol. The number of nitrogens with zero attached hydrogens (tertiary/aromatic N) is 1. The summed E-state index contributed by atoms with van der Waals surface area (Å²) < 4.78 is 5.02. The van der Waals surface area contributed by atoms with Crippen LogP contribution in [0.5, 0.6) is 5.75 Å². The molecule has 0 atom stereocenters. The number of halogens is 1. The van der Waals surface area contributed by atoms with Crippen molar-refractivity contribution in [2.45, 2.75) is 0 Å². The van der Waals surface area contributed by atoms with Gasteiger partial charge in [-0.05, 0) is 0 Å². The third kappa shape index (κ3) is 1.71. The van der Waals surface area contributed by atoms with Gasteiger partial charge in [-0.15, -0.1) is 0 Å². The average Bonchev–Trinajstić information content (AvgIpc) is 2.04. The Bertz CT molecular complexity index is 273. The highest BCUT2D eigenvalue weighted by atomic mass is 35.5. The first kappa shape index (κ1) is 8.08. The highest BCUT2D eigenvalue weighted by Crippen LogP contribution is 2.21. The van der Waals surface area contributed by atoms with Crippen LogP contribution in [0, 0.1) is 0 Å². The van der Waals surface area contributed by atoms with E-state index in [1.807, 2.05) is 0 Å². The van der Waals surface area contributed by atoms with E-state index >= 15 is 0 Å². The largest absolute Gasteiger partial charge is 0.496 e. The molecule has 1 rings (SSSR count). The predicted molar refractivity (Wildman–Crippen MR) is 45.9 cm³/mol. The maximum Gasteiger partial charge on any atom is 0.132 e. The van der Waals surface area contributed by atoms with Crippen LogP contribution in [0.3, 0.4) is 0 Å². The van der Waals surface area contributed by atoms with Crippen molar-refractivity contribution >= 4 is 17.7 Å². The lowest BCUT2D eigenvalue weighted by atomic mass is 10.2. The standard InChI is InChI=1S/C8H8ClNO/c1-3-6-5-10-8(9)4-7(6)11-2/h3-5H,1H2,2H3. The van der Waals surface area contributed by atoms with Crippen LogP contribution in [-0.4, -0.2) is 12.1 Å². The first-order valence-electron chi connectivity index (χ1n) is 3.10. The van der Waals surface area contributed by atoms with Gasteiger partial charge in [0.25, 0.3) is 0 Å². The second-order valence-corrected chi connectivity index (χ2v) is 2.34. The maximum absolute atomic E-state index is 5.63. The molecule has 1 aromatic rings. The molecule has 1 heterocycles. The Hall–Kier alpha value is -1.02. The van der Waals surface area contributed by atoms with E-state index in [4.69, 9.17) is 16.3 Å². The molecular formula is C8H8ClNO. The van der Waals surface area contributed by atoms with Crippen LogP contribution >= 0.6 is 11.6 Å². The molecule has 0 fully saturated rings. The quantitative estimate of drug-likeness (QED) is 0.635. The third-order valence-corrected chi connectivity index (χ3v) is 1.51. The van der Waals surface area contributed by atoms with Crippen LogP contribution in [0.1, 0.15) is 5.56 Å². The minimum atomic E-state index is 0.424. The molecule has 0 unspecified atom stereocenters. The Morgan fingerprint density at radius 3 is 3.00 bits per heavy atom. The molecule has 11 heavy (non-hydrogen) atoms. The summed E-state index contributed by atoms with van der Waals surface area (Å²) in [5, 5.41) is 0.424. The van der Waals surface area contributed by atoms with Crippen molar-refractivity contribution in [3.8, 4) is 5.75 Å². The van der Waals surface area contributed by atoms with Crippen molar-refractivity contribution in [2.24, 2.45) is 0 Å². The van der Waals surface area contributed by atoms with Gasteiger partial charge >= 0.3 is 0 Å². The monoisotopic (exact) mass is 169 g/mol. The lowest BCUT2D eigenvalue weighted by Crippen LogP contribution is -1.87. The number of hydrogen-bond donors (Lipinski definition) is 0. The fourth-order valence-electron chi connectivity index (χ4n) is 0.754. The fourth-order valence-corrected chi connectivity index (χ4v) is 0.902. The molecule has 3 heteroatoms. The molecule has 0 aliphatic rings. The Balaban J connectivity index is 3.16. The lowest BCUT2D eigenvalue weighted by molar-refractivity contribution is 0.413. The van der Waals surface area contributed by atoms with Gasteiger partial charge in [-0.2, -0.15) is 0 Å². The van der Waals surface area contributed by atoms with Gasteiger partial charge in [0.05, 0.1) is 7.11 Å². The minimum Gasteiger partial charge on any atom is -0.496 e. The van der Waals surface area contributed by atoms with E-state index in [0.717, 1.165) is 5.56 Å². The van der Waals surface area contributed by atoms with Crippen LogP contribution < -0.4 is 4.74 Å². The number of ether oxygens (including phenoxy) is 1. The molecule has 0 radical (unpaired) electrons. The normalized spacial score (nSPS) is 9.27. The Kier molecular flexibility index (Phi) is 2.49. The zero-order valence-corrected chi connectivity index (χ0v) is 6.93. The van der Waals surface area contributed by atoms with Crippen LogP contribution in [0.2, 0.25) is 5.15 Å². The number of rotatable bonds is 2. The van der Waals surface area contributed by atoms with Crippen LogP contribution in [-0.2, 0) is 0 Å². The molecule has 0 spiro atoms. The molecule has 2 nitrogen and oxygen atoms in total. The smallest absolute Gasteiger partial charge is 0.132 e. The van der Waals surface area contributed by atoms with Crippen LogP contribution in [0.4, 0.5) is 0 Å². The van der Waals surface area contributed by atoms with E-state index in [9.17, 15) is 0 Å². The van der Waals surface area contributed by atoms with Gasteiger partial charge in [-0.3, -0.25) is 0 Å². The molecule has 0 bridgehead atoms. The zero-order valence-electron chi connectivity index (χ0n) is 6.17. The molecule has 0 aliphatic carbocycles. The van der Waals surface area contributed by atoms with Gasteiger partial charge in [0.1, 0.15) is 10.9 Å². The summed E-state index contributed by atoms with van der Waals surface area (Å²) in [5.41, 5.74) is 0.844. The zero-order chi connectivity index (χ0) is 8.27. The molecular weight excluding hydrogens is 162 g/mol. The molecule has 0 aliphatic heterocycles. The van der Waals surface area contributed by atoms with Crippen molar-refractivity contribution in [3.63, 3.8) is 0 Å². The summed E-state index contributed by atoms with van der Waals surface area (Å²) in [7, 11) is 1.58. The van der Waals surface area contributed by atoms with Crippen molar-refractivity contribution in [2.75, 3.05) is 7.11 Å². The summed E-state index contributed by atoms with van der Waals surface area (Å²) in [6.45, 7) is 3.61. The van der Waals surface area contributed by atoms with Gasteiger partial charge in [0, 0.05) is 17.8 Å². The molecule has 1 aromatic heterocycles. The van der Waals surface area contributed by atoms with Crippen LogP contribution in [0.15, 0.2) is 18.8 Å². The Labute approximate surface area is 70.5 Å². The molecule has 0 saturated carbocycles. The summed E-state index contributed by atoms with van der Waals surface area (Å²) in [6, 6.07) is 1.65. The molecule has 0 N–H and O–H groups in total. The maximum atomic E-state index is 5.63. The highest BCUT2D eigenvalue weighted by molar-refractivity contribution is 6.29. The third-order valence-electron chi connectivity index (χ3n) is 1.30. The summed E-state index contributed by atoms with van der Waals surface area (Å²) in [6.07, 6.45) is 3.29. The molecule has 0 aromatic carbocycles. The summed E-state index contributed by atoms with van der Waals surface area (Å²) >= 11 is 5.63. The topological polar surface area (TPSA) is 22.1 Å². The Morgan fingerprint density at radius 1 is 1.73 bits per heavy atom. The van der Waals surface area contributed by atoms with Crippen molar-refractivity contribution < 1.29 is 4.74 Å². The van der Waals surface area contributed by atoms with Crippen LogP contribution in [0.25, 0.3) is 6.08 Å². The van der Waals surface area contributed by atoms with Gasteiger partial charge in [0.15, 0.2) is 0 Å². The second kappa shape index (κ2) is 3.39.